The van der Waals surface area contributed by atoms with Crippen molar-refractivity contribution in [1.82, 2.24) is 15.4 Å². The van der Waals surface area contributed by atoms with Crippen molar-refractivity contribution in [3.05, 3.63) is 59.7 Å². The lowest BCUT2D eigenvalue weighted by Crippen LogP contribution is -2.41. The third kappa shape index (κ3) is 8.30. The molecule has 1 atom stereocenters. The van der Waals surface area contributed by atoms with Crippen molar-refractivity contribution >= 4 is 40.0 Å². The molecule has 0 spiro atoms. The normalized spacial score (nSPS) is 15.0. The first-order chi connectivity index (χ1) is 14.4. The van der Waals surface area contributed by atoms with E-state index in [2.05, 4.69) is 20.3 Å². The summed E-state index contributed by atoms with van der Waals surface area (Å²) < 4.78 is 33.1. The third-order valence-electron chi connectivity index (χ3n) is 4.70. The fourth-order valence-electron chi connectivity index (χ4n) is 2.88. The van der Waals surface area contributed by atoms with Crippen molar-refractivity contribution in [3.63, 3.8) is 0 Å². The summed E-state index contributed by atoms with van der Waals surface area (Å²) in [6.45, 7) is 5.16. The number of hydrogen-bond acceptors (Lipinski definition) is 4. The van der Waals surface area contributed by atoms with Crippen molar-refractivity contribution < 1.29 is 13.2 Å². The molecule has 0 aliphatic heterocycles. The molecule has 0 heterocycles. The molecule has 1 unspecified atom stereocenters. The second-order valence-electron chi connectivity index (χ2n) is 7.59. The number of ether oxygens (including phenoxy) is 1. The Bertz CT molecular complexity index is 977. The highest BCUT2D eigenvalue weighted by Gasteiger charge is 2.27. The van der Waals surface area contributed by atoms with E-state index in [0.717, 1.165) is 29.7 Å². The van der Waals surface area contributed by atoms with E-state index in [-0.39, 0.29) is 36.1 Å². The smallest absolute Gasteiger partial charge is 0.240 e. The van der Waals surface area contributed by atoms with Crippen molar-refractivity contribution in [1.29, 1.82) is 0 Å². The molecule has 0 radical (unpaired) electrons. The number of guanidine groups is 1. The van der Waals surface area contributed by atoms with Crippen LogP contribution in [0.3, 0.4) is 0 Å². The van der Waals surface area contributed by atoms with Crippen LogP contribution in [0.25, 0.3) is 0 Å². The van der Waals surface area contributed by atoms with Gasteiger partial charge in [0.05, 0.1) is 11.4 Å². The number of nitrogens with zero attached hydrogens (tertiary/aromatic N) is 1. The van der Waals surface area contributed by atoms with E-state index in [1.807, 2.05) is 50.2 Å². The topological polar surface area (TPSA) is 91.8 Å². The van der Waals surface area contributed by atoms with Gasteiger partial charge < -0.3 is 15.4 Å². The molecule has 0 bridgehead atoms. The van der Waals surface area contributed by atoms with Gasteiger partial charge >= 0.3 is 0 Å². The van der Waals surface area contributed by atoms with Crippen LogP contribution in [0.5, 0.6) is 5.75 Å². The lowest BCUT2D eigenvalue weighted by atomic mass is 10.2. The molecule has 1 fully saturated rings. The predicted molar refractivity (Wildman–Crippen MR) is 135 cm³/mol. The molecule has 7 nitrogen and oxygen atoms in total. The number of hydrogen-bond donors (Lipinski definition) is 3. The van der Waals surface area contributed by atoms with Crippen molar-refractivity contribution in [2.24, 2.45) is 4.99 Å². The fraction of sp³-hybridized carbons (Fsp3) is 0.409. The molecular weight excluding hydrogens is 527 g/mol. The standard InChI is InChI=1S/C22H30N4O3S.HI/c1-16-5-4-6-20(13-16)29-17(2)14-24-22(23-3)25-15-18-7-11-21(12-8-18)30(27,28)26-19-9-10-19;/h4-8,11-13,17,19,26H,9-10,14-15H2,1-3H3,(H2,23,24,25);1H. The summed E-state index contributed by atoms with van der Waals surface area (Å²) in [6.07, 6.45) is 1.80. The zero-order valence-electron chi connectivity index (χ0n) is 18.1. The zero-order chi connectivity index (χ0) is 21.6. The van der Waals surface area contributed by atoms with Gasteiger partial charge in [0.25, 0.3) is 0 Å². The van der Waals surface area contributed by atoms with E-state index in [0.29, 0.717) is 23.9 Å². The van der Waals surface area contributed by atoms with Gasteiger partial charge in [-0.2, -0.15) is 0 Å². The predicted octanol–water partition coefficient (Wildman–Crippen LogP) is 3.19. The highest BCUT2D eigenvalue weighted by Crippen LogP contribution is 2.22. The van der Waals surface area contributed by atoms with Gasteiger partial charge in [0.15, 0.2) is 5.96 Å². The molecule has 9 heteroatoms. The highest BCUT2D eigenvalue weighted by atomic mass is 127. The Kier molecular flexibility index (Phi) is 9.57. The van der Waals surface area contributed by atoms with Crippen LogP contribution < -0.4 is 20.1 Å². The number of aliphatic imine (C=N–C) groups is 1. The molecule has 2 aromatic carbocycles. The van der Waals surface area contributed by atoms with Crippen LogP contribution >= 0.6 is 24.0 Å². The number of nitrogens with one attached hydrogen (secondary N) is 3. The van der Waals surface area contributed by atoms with Gasteiger partial charge in [-0.1, -0.05) is 24.3 Å². The summed E-state index contributed by atoms with van der Waals surface area (Å²) in [5, 5.41) is 6.48. The second-order valence-corrected chi connectivity index (χ2v) is 9.31. The Balaban J connectivity index is 0.00000341. The molecule has 0 aromatic heterocycles. The van der Waals surface area contributed by atoms with Crippen LogP contribution in [-0.2, 0) is 16.6 Å². The molecule has 1 aliphatic carbocycles. The minimum Gasteiger partial charge on any atom is -0.489 e. The molecule has 31 heavy (non-hydrogen) atoms. The zero-order valence-corrected chi connectivity index (χ0v) is 21.2. The highest BCUT2D eigenvalue weighted by molar-refractivity contribution is 14.0. The average molecular weight is 558 g/mol. The quantitative estimate of drug-likeness (QED) is 0.250. The molecule has 0 amide bonds. The largest absolute Gasteiger partial charge is 0.489 e. The Hall–Kier alpha value is -1.85. The van der Waals surface area contributed by atoms with Gasteiger partial charge in [-0.05, 0) is 62.1 Å². The SMILES string of the molecule is CN=C(NCc1ccc(S(=O)(=O)NC2CC2)cc1)NCC(C)Oc1cccc(C)c1.I. The van der Waals surface area contributed by atoms with E-state index >= 15 is 0 Å². The van der Waals surface area contributed by atoms with Gasteiger partial charge in [0, 0.05) is 19.6 Å². The Labute approximate surface area is 202 Å². The molecular formula is C22H31IN4O3S. The van der Waals surface area contributed by atoms with Crippen LogP contribution in [0.2, 0.25) is 0 Å². The van der Waals surface area contributed by atoms with Crippen LogP contribution in [0.4, 0.5) is 0 Å². The first-order valence-corrected chi connectivity index (χ1v) is 11.6. The number of halogens is 1. The number of aryl methyl sites for hydroxylation is 1. The van der Waals surface area contributed by atoms with Gasteiger partial charge in [-0.25, -0.2) is 13.1 Å². The number of rotatable bonds is 9. The summed E-state index contributed by atoms with van der Waals surface area (Å²) in [4.78, 5) is 4.52. The monoisotopic (exact) mass is 558 g/mol. The van der Waals surface area contributed by atoms with Gasteiger partial charge in [-0.3, -0.25) is 4.99 Å². The van der Waals surface area contributed by atoms with E-state index in [1.54, 1.807) is 19.2 Å². The molecule has 3 rings (SSSR count). The van der Waals surface area contributed by atoms with Crippen LogP contribution in [-0.4, -0.2) is 40.1 Å². The van der Waals surface area contributed by atoms with Crippen molar-refractivity contribution in [2.75, 3.05) is 13.6 Å². The second kappa shape index (κ2) is 11.7. The minimum absolute atomic E-state index is 0. The van der Waals surface area contributed by atoms with Crippen molar-refractivity contribution in [2.45, 2.75) is 50.3 Å². The van der Waals surface area contributed by atoms with Gasteiger partial charge in [0.1, 0.15) is 11.9 Å². The lowest BCUT2D eigenvalue weighted by molar-refractivity contribution is 0.223. The summed E-state index contributed by atoms with van der Waals surface area (Å²) in [5.41, 5.74) is 2.12. The van der Waals surface area contributed by atoms with Gasteiger partial charge in [0.2, 0.25) is 10.0 Å². The van der Waals surface area contributed by atoms with E-state index in [4.69, 9.17) is 4.74 Å². The van der Waals surface area contributed by atoms with Crippen molar-refractivity contribution in [3.8, 4) is 5.75 Å². The van der Waals surface area contributed by atoms with Crippen LogP contribution in [0.15, 0.2) is 58.4 Å². The van der Waals surface area contributed by atoms with E-state index in [9.17, 15) is 8.42 Å². The Morgan fingerprint density at radius 2 is 1.87 bits per heavy atom. The maximum Gasteiger partial charge on any atom is 0.240 e. The summed E-state index contributed by atoms with van der Waals surface area (Å²) >= 11 is 0. The average Bonchev–Trinajstić information content (AvgIpc) is 3.52. The molecule has 170 valence electrons. The minimum atomic E-state index is -3.42. The fourth-order valence-corrected chi connectivity index (χ4v) is 4.19. The molecule has 2 aromatic rings. The van der Waals surface area contributed by atoms with Crippen LogP contribution in [0.1, 0.15) is 30.9 Å². The maximum absolute atomic E-state index is 12.2. The van der Waals surface area contributed by atoms with E-state index < -0.39 is 10.0 Å². The van der Waals surface area contributed by atoms with Crippen LogP contribution in [0, 0.1) is 6.92 Å². The Morgan fingerprint density at radius 1 is 1.16 bits per heavy atom. The van der Waals surface area contributed by atoms with Gasteiger partial charge in [-0.15, -0.1) is 24.0 Å². The first kappa shape index (κ1) is 25.4. The first-order valence-electron chi connectivity index (χ1n) is 10.1. The summed E-state index contributed by atoms with van der Waals surface area (Å²) in [5.74, 6) is 1.50. The third-order valence-corrected chi connectivity index (χ3v) is 6.24. The summed E-state index contributed by atoms with van der Waals surface area (Å²) in [7, 11) is -1.71. The number of sulfonamides is 1. The lowest BCUT2D eigenvalue weighted by Gasteiger charge is -2.18. The van der Waals surface area contributed by atoms with E-state index in [1.165, 1.54) is 0 Å². The molecule has 1 saturated carbocycles. The molecule has 0 saturated heterocycles. The molecule has 1 aliphatic rings. The number of benzene rings is 2. The molecule has 3 N–H and O–H groups in total. The Morgan fingerprint density at radius 3 is 2.48 bits per heavy atom. The summed E-state index contributed by atoms with van der Waals surface area (Å²) in [6, 6.07) is 15.0. The maximum atomic E-state index is 12.2.